The third kappa shape index (κ3) is 2.48. The molecule has 2 heterocycles. The number of amides is 1. The van der Waals surface area contributed by atoms with Crippen LogP contribution in [0.3, 0.4) is 0 Å². The van der Waals surface area contributed by atoms with Gasteiger partial charge in [0.25, 0.3) is 5.91 Å². The quantitative estimate of drug-likeness (QED) is 0.831. The second-order valence-electron chi connectivity index (χ2n) is 4.50. The molecule has 6 nitrogen and oxygen atoms in total. The van der Waals surface area contributed by atoms with Gasteiger partial charge in [-0.25, -0.2) is 4.52 Å². The Labute approximate surface area is 105 Å². The fourth-order valence-electron chi connectivity index (χ4n) is 1.50. The van der Waals surface area contributed by atoms with Crippen molar-refractivity contribution in [3.63, 3.8) is 0 Å². The Morgan fingerprint density at radius 2 is 2.33 bits per heavy atom. The molecule has 2 aromatic heterocycles. The van der Waals surface area contributed by atoms with Crippen LogP contribution in [0.2, 0.25) is 0 Å². The molecule has 0 radical (unpaired) electrons. The fourth-order valence-corrected chi connectivity index (χ4v) is 1.50. The lowest BCUT2D eigenvalue weighted by molar-refractivity contribution is 0.0519. The van der Waals surface area contributed by atoms with E-state index in [0.717, 1.165) is 0 Å². The van der Waals surface area contributed by atoms with Crippen molar-refractivity contribution in [3.8, 4) is 0 Å². The minimum Gasteiger partial charge on any atom is -0.388 e. The standard InChI is InChI=1S/C12H16N4O2/c1-3-12(2,18)8-14-11(17)9-6-15-16-5-4-13-7-10(9)16/h4-7,18H,3,8H2,1-2H3,(H,14,17). The van der Waals surface area contributed by atoms with Gasteiger partial charge in [0.05, 0.1) is 29.1 Å². The Bertz CT molecular complexity index is 562. The number of rotatable bonds is 4. The number of nitrogens with zero attached hydrogens (tertiary/aromatic N) is 3. The smallest absolute Gasteiger partial charge is 0.255 e. The van der Waals surface area contributed by atoms with E-state index in [-0.39, 0.29) is 12.5 Å². The van der Waals surface area contributed by atoms with Crippen LogP contribution in [0.25, 0.3) is 5.52 Å². The molecule has 1 unspecified atom stereocenters. The Kier molecular flexibility index (Phi) is 3.29. The third-order valence-electron chi connectivity index (χ3n) is 2.96. The molecule has 0 aliphatic rings. The zero-order valence-corrected chi connectivity index (χ0v) is 10.4. The second-order valence-corrected chi connectivity index (χ2v) is 4.50. The molecule has 0 aliphatic heterocycles. The maximum Gasteiger partial charge on any atom is 0.255 e. The van der Waals surface area contributed by atoms with Gasteiger partial charge >= 0.3 is 0 Å². The summed E-state index contributed by atoms with van der Waals surface area (Å²) >= 11 is 0. The van der Waals surface area contributed by atoms with Crippen molar-refractivity contribution in [1.29, 1.82) is 0 Å². The molecule has 18 heavy (non-hydrogen) atoms. The maximum atomic E-state index is 12.0. The van der Waals surface area contributed by atoms with Crippen LogP contribution in [-0.4, -0.2) is 37.8 Å². The van der Waals surface area contributed by atoms with Crippen molar-refractivity contribution in [2.75, 3.05) is 6.54 Å². The molecular weight excluding hydrogens is 232 g/mol. The van der Waals surface area contributed by atoms with Gasteiger partial charge in [0.15, 0.2) is 0 Å². The number of nitrogens with one attached hydrogen (secondary N) is 1. The summed E-state index contributed by atoms with van der Waals surface area (Å²) in [6.45, 7) is 3.76. The SMILES string of the molecule is CCC(C)(O)CNC(=O)c1cnn2ccncc12. The number of aliphatic hydroxyl groups is 1. The molecule has 0 saturated carbocycles. The molecule has 0 aromatic carbocycles. The third-order valence-corrected chi connectivity index (χ3v) is 2.96. The van der Waals surface area contributed by atoms with Crippen LogP contribution in [0, 0.1) is 0 Å². The molecule has 0 bridgehead atoms. The van der Waals surface area contributed by atoms with E-state index in [1.807, 2.05) is 6.92 Å². The van der Waals surface area contributed by atoms with E-state index in [9.17, 15) is 9.90 Å². The van der Waals surface area contributed by atoms with Gasteiger partial charge in [0.1, 0.15) is 0 Å². The molecule has 2 aromatic rings. The van der Waals surface area contributed by atoms with E-state index in [1.54, 1.807) is 30.0 Å². The van der Waals surface area contributed by atoms with E-state index in [1.165, 1.54) is 6.20 Å². The van der Waals surface area contributed by atoms with Gasteiger partial charge in [-0.2, -0.15) is 5.10 Å². The van der Waals surface area contributed by atoms with Crippen LogP contribution in [0.5, 0.6) is 0 Å². The average molecular weight is 248 g/mol. The zero-order chi connectivity index (χ0) is 13.2. The Hall–Kier alpha value is -1.95. The number of fused-ring (bicyclic) bond motifs is 1. The highest BCUT2D eigenvalue weighted by Gasteiger charge is 2.20. The van der Waals surface area contributed by atoms with Gasteiger partial charge in [-0.3, -0.25) is 9.78 Å². The Morgan fingerprint density at radius 1 is 1.56 bits per heavy atom. The molecule has 2 rings (SSSR count). The van der Waals surface area contributed by atoms with Crippen LogP contribution < -0.4 is 5.32 Å². The highest BCUT2D eigenvalue weighted by atomic mass is 16.3. The number of hydrogen-bond acceptors (Lipinski definition) is 4. The first-order chi connectivity index (χ1) is 8.53. The van der Waals surface area contributed by atoms with Gasteiger partial charge in [-0.05, 0) is 13.3 Å². The van der Waals surface area contributed by atoms with Crippen LogP contribution >= 0.6 is 0 Å². The molecule has 96 valence electrons. The van der Waals surface area contributed by atoms with Gasteiger partial charge in [0, 0.05) is 18.9 Å². The lowest BCUT2D eigenvalue weighted by atomic mass is 10.0. The van der Waals surface area contributed by atoms with Gasteiger partial charge in [-0.1, -0.05) is 6.92 Å². The summed E-state index contributed by atoms with van der Waals surface area (Å²) in [5.41, 5.74) is 0.206. The predicted molar refractivity (Wildman–Crippen MR) is 66.2 cm³/mol. The zero-order valence-electron chi connectivity index (χ0n) is 10.4. The number of carbonyl (C=O) groups is 1. The summed E-state index contributed by atoms with van der Waals surface area (Å²) in [6.07, 6.45) is 6.92. The monoisotopic (exact) mass is 248 g/mol. The van der Waals surface area contributed by atoms with Crippen molar-refractivity contribution in [2.24, 2.45) is 0 Å². The number of aromatic nitrogens is 3. The van der Waals surface area contributed by atoms with Gasteiger partial charge in [0.2, 0.25) is 0 Å². The summed E-state index contributed by atoms with van der Waals surface area (Å²) in [6, 6.07) is 0. The van der Waals surface area contributed by atoms with Crippen LogP contribution in [0.4, 0.5) is 0 Å². The normalized spacial score (nSPS) is 14.4. The Balaban J connectivity index is 2.14. The molecule has 0 fully saturated rings. The lowest BCUT2D eigenvalue weighted by Crippen LogP contribution is -2.40. The molecule has 1 amide bonds. The maximum absolute atomic E-state index is 12.0. The van der Waals surface area contributed by atoms with Crippen LogP contribution in [-0.2, 0) is 0 Å². The van der Waals surface area contributed by atoms with Crippen molar-refractivity contribution in [1.82, 2.24) is 19.9 Å². The van der Waals surface area contributed by atoms with Gasteiger partial charge < -0.3 is 10.4 Å². The molecule has 0 spiro atoms. The highest BCUT2D eigenvalue weighted by Crippen LogP contribution is 2.10. The van der Waals surface area contributed by atoms with Crippen molar-refractivity contribution in [2.45, 2.75) is 25.9 Å². The van der Waals surface area contributed by atoms with E-state index in [0.29, 0.717) is 17.5 Å². The van der Waals surface area contributed by atoms with Crippen molar-refractivity contribution < 1.29 is 9.90 Å². The topological polar surface area (TPSA) is 79.5 Å². The van der Waals surface area contributed by atoms with E-state index in [4.69, 9.17) is 0 Å². The fraction of sp³-hybridized carbons (Fsp3) is 0.417. The summed E-state index contributed by atoms with van der Waals surface area (Å²) in [5.74, 6) is -0.258. The molecule has 0 saturated heterocycles. The predicted octanol–water partition coefficient (Wildman–Crippen LogP) is 0.620. The minimum atomic E-state index is -0.892. The van der Waals surface area contributed by atoms with E-state index >= 15 is 0 Å². The summed E-state index contributed by atoms with van der Waals surface area (Å²) in [4.78, 5) is 15.9. The molecular formula is C12H16N4O2. The molecule has 6 heteroatoms. The molecule has 2 N–H and O–H groups in total. The second kappa shape index (κ2) is 4.73. The van der Waals surface area contributed by atoms with Gasteiger partial charge in [-0.15, -0.1) is 0 Å². The molecule has 1 atom stereocenters. The number of hydrogen-bond donors (Lipinski definition) is 2. The summed E-state index contributed by atoms with van der Waals surface area (Å²) in [5, 5.41) is 16.6. The van der Waals surface area contributed by atoms with Crippen LogP contribution in [0.15, 0.2) is 24.8 Å². The average Bonchev–Trinajstić information content (AvgIpc) is 2.80. The first-order valence-corrected chi connectivity index (χ1v) is 5.81. The summed E-state index contributed by atoms with van der Waals surface area (Å²) in [7, 11) is 0. The minimum absolute atomic E-state index is 0.208. The van der Waals surface area contributed by atoms with Crippen LogP contribution in [0.1, 0.15) is 30.6 Å². The number of carbonyl (C=O) groups excluding carboxylic acids is 1. The Morgan fingerprint density at radius 3 is 3.06 bits per heavy atom. The van der Waals surface area contributed by atoms with E-state index in [2.05, 4.69) is 15.4 Å². The largest absolute Gasteiger partial charge is 0.388 e. The van der Waals surface area contributed by atoms with E-state index < -0.39 is 5.60 Å². The van der Waals surface area contributed by atoms with Crippen molar-refractivity contribution in [3.05, 3.63) is 30.4 Å². The summed E-state index contributed by atoms with van der Waals surface area (Å²) < 4.78 is 1.58. The highest BCUT2D eigenvalue weighted by molar-refractivity contribution is 6.00. The molecule has 0 aliphatic carbocycles. The first-order valence-electron chi connectivity index (χ1n) is 5.81. The van der Waals surface area contributed by atoms with Crippen molar-refractivity contribution >= 4 is 11.4 Å². The first kappa shape index (κ1) is 12.5. The lowest BCUT2D eigenvalue weighted by Gasteiger charge is -2.21.